The summed E-state index contributed by atoms with van der Waals surface area (Å²) in [5.74, 6) is -0.801. The molecule has 2 aliphatic rings. The van der Waals surface area contributed by atoms with Gasteiger partial charge in [0.05, 0.1) is 0 Å². The third-order valence-electron chi connectivity index (χ3n) is 14.1. The van der Waals surface area contributed by atoms with Gasteiger partial charge in [0.15, 0.2) is 11.6 Å². The van der Waals surface area contributed by atoms with E-state index in [0.29, 0.717) is 11.1 Å². The van der Waals surface area contributed by atoms with Gasteiger partial charge in [-0.1, -0.05) is 160 Å². The molecule has 0 amide bonds. The van der Waals surface area contributed by atoms with Crippen molar-refractivity contribution in [3.8, 4) is 44.5 Å². The zero-order chi connectivity index (χ0) is 56.4. The topological polar surface area (TPSA) is 98.7 Å². The number of aryl methyl sites for hydroxylation is 12. The number of allylic oxidation sites excluding steroid dienone is 2. The number of carbonyl (C=O) groups is 2. The van der Waals surface area contributed by atoms with Crippen LogP contribution in [0.1, 0.15) is 145 Å². The van der Waals surface area contributed by atoms with Crippen molar-refractivity contribution in [1.29, 1.82) is 0 Å². The number of carbonyl (C=O) groups excluding carboxylic acids is 2. The van der Waals surface area contributed by atoms with Crippen molar-refractivity contribution in [2.45, 2.75) is 150 Å². The van der Waals surface area contributed by atoms with Gasteiger partial charge >= 0.3 is 16.8 Å². The van der Waals surface area contributed by atoms with Crippen molar-refractivity contribution in [2.75, 3.05) is 26.4 Å². The molecular formula is C70H86CoO6. The van der Waals surface area contributed by atoms with Crippen LogP contribution in [0.5, 0.6) is 0 Å². The van der Waals surface area contributed by atoms with Gasteiger partial charge in [0.2, 0.25) is 0 Å². The van der Waals surface area contributed by atoms with Gasteiger partial charge in [-0.3, -0.25) is 9.59 Å². The van der Waals surface area contributed by atoms with Crippen LogP contribution in [0, 0.1) is 93.9 Å². The second-order valence-corrected chi connectivity index (χ2v) is 23.4. The third kappa shape index (κ3) is 16.6. The first-order chi connectivity index (χ1) is 35.6. The van der Waals surface area contributed by atoms with Crippen molar-refractivity contribution in [3.05, 3.63) is 175 Å². The van der Waals surface area contributed by atoms with Crippen LogP contribution in [-0.2, 0) is 35.8 Å². The molecule has 0 aromatic heterocycles. The first kappa shape index (κ1) is 63.7. The molecule has 6 aromatic carbocycles. The average Bonchev–Trinajstić information content (AvgIpc) is 4.09. The van der Waals surface area contributed by atoms with Gasteiger partial charge in [-0.05, 0) is 221 Å². The van der Waals surface area contributed by atoms with Crippen LogP contribution < -0.4 is 10.2 Å². The molecule has 8 rings (SSSR count). The molecule has 6 aromatic rings. The van der Waals surface area contributed by atoms with E-state index in [9.17, 15) is 19.8 Å². The molecule has 77 heavy (non-hydrogen) atoms. The number of hydrogen-bond donors (Lipinski definition) is 0. The van der Waals surface area contributed by atoms with Gasteiger partial charge in [0, 0.05) is 37.3 Å². The zero-order valence-electron chi connectivity index (χ0n) is 49.7. The summed E-state index contributed by atoms with van der Waals surface area (Å²) in [7, 11) is 0. The average molecular weight is 1080 g/mol. The molecule has 6 nitrogen and oxygen atoms in total. The minimum Gasteiger partial charge on any atom is -0.872 e. The van der Waals surface area contributed by atoms with E-state index >= 15 is 0 Å². The predicted molar refractivity (Wildman–Crippen MR) is 316 cm³/mol. The molecule has 0 saturated carbocycles. The maximum absolute atomic E-state index is 13.8. The number of rotatable bonds is 8. The van der Waals surface area contributed by atoms with Crippen LogP contribution in [0.15, 0.2) is 97.1 Å². The molecule has 0 aliphatic carbocycles. The summed E-state index contributed by atoms with van der Waals surface area (Å²) < 4.78 is 9.89. The summed E-state index contributed by atoms with van der Waals surface area (Å²) in [6.07, 6.45) is 7.69. The fourth-order valence-corrected chi connectivity index (χ4v) is 10.7. The standard InChI is InChI=1S/2C31H36O2.2C4H8O.Co/c2*1-18-13-20(3)28(21(4)14-18)24-11-10-12-25(29-22(5)15-19(2)16-23(29)6)30(24)26(32)17-27(33)31(7,8)9;2*1-2-4-5-3-1;/h2*10-17,32H,1-9H3;2*1-4H2;/q;;;;+2/p-2/b2*26-17-;;;. The summed E-state index contributed by atoms with van der Waals surface area (Å²) in [6.45, 7) is 40.1. The Balaban J connectivity index is 0.000000277. The van der Waals surface area contributed by atoms with Crippen molar-refractivity contribution in [1.82, 2.24) is 0 Å². The monoisotopic (exact) mass is 1080 g/mol. The minimum absolute atomic E-state index is 0. The number of hydrogen-bond acceptors (Lipinski definition) is 6. The molecule has 1 radical (unpaired) electrons. The number of ether oxygens (including phenoxy) is 2. The summed E-state index contributed by atoms with van der Waals surface area (Å²) in [5.41, 5.74) is 21.5. The maximum Gasteiger partial charge on any atom is 2.00 e. The van der Waals surface area contributed by atoms with E-state index in [1.54, 1.807) is 0 Å². The SMILES string of the molecule is C1CCOC1.C1CCOC1.Cc1cc(C)c(-c2cccc(-c3c(C)cc(C)cc3C)c2/C([O-])=C/C(=O)C(C)(C)C)c(C)c1.Cc1cc(C)c(-c2cccc(-c3c(C)cc(C)cc3C)c2/C([O-])=C/C(=O)C(C)(C)C)c(C)c1.[Co+2]. The van der Waals surface area contributed by atoms with E-state index in [4.69, 9.17) is 9.47 Å². The Labute approximate surface area is 473 Å². The van der Waals surface area contributed by atoms with Crippen molar-refractivity contribution < 1.29 is 46.1 Å². The normalized spacial score (nSPS) is 13.6. The van der Waals surface area contributed by atoms with Crippen LogP contribution in [-0.4, -0.2) is 38.0 Å². The Morgan fingerprint density at radius 2 is 0.584 bits per heavy atom. The number of ketones is 2. The molecule has 2 aliphatic heterocycles. The van der Waals surface area contributed by atoms with E-state index < -0.39 is 10.8 Å². The van der Waals surface area contributed by atoms with Gasteiger partial charge in [-0.2, -0.15) is 0 Å². The fraction of sp³-hybridized carbons (Fsp3) is 0.400. The van der Waals surface area contributed by atoms with Crippen molar-refractivity contribution in [3.63, 3.8) is 0 Å². The van der Waals surface area contributed by atoms with E-state index in [0.717, 1.165) is 115 Å². The summed E-state index contributed by atoms with van der Waals surface area (Å²) in [5, 5.41) is 27.6. The van der Waals surface area contributed by atoms with Gasteiger partial charge in [0.25, 0.3) is 0 Å². The molecule has 0 N–H and O–H groups in total. The molecule has 2 saturated heterocycles. The van der Waals surface area contributed by atoms with E-state index in [1.807, 2.05) is 77.9 Å². The van der Waals surface area contributed by atoms with Gasteiger partial charge in [-0.15, -0.1) is 0 Å². The zero-order valence-corrected chi connectivity index (χ0v) is 50.7. The van der Waals surface area contributed by atoms with E-state index in [2.05, 4.69) is 132 Å². The first-order valence-electron chi connectivity index (χ1n) is 27.2. The molecule has 2 heterocycles. The molecule has 2 fully saturated rings. The maximum atomic E-state index is 13.8. The largest absolute Gasteiger partial charge is 2.00 e. The summed E-state index contributed by atoms with van der Waals surface area (Å²) in [6, 6.07) is 29.3. The van der Waals surface area contributed by atoms with Crippen LogP contribution in [0.4, 0.5) is 0 Å². The van der Waals surface area contributed by atoms with Crippen molar-refractivity contribution in [2.24, 2.45) is 10.8 Å². The third-order valence-corrected chi connectivity index (χ3v) is 14.1. The summed E-state index contributed by atoms with van der Waals surface area (Å²) in [4.78, 5) is 25.6. The van der Waals surface area contributed by atoms with E-state index in [-0.39, 0.29) is 39.9 Å². The van der Waals surface area contributed by atoms with Crippen LogP contribution in [0.3, 0.4) is 0 Å². The minimum atomic E-state index is -0.615. The second kappa shape index (κ2) is 27.7. The molecule has 0 bridgehead atoms. The molecule has 411 valence electrons. The van der Waals surface area contributed by atoms with E-state index in [1.165, 1.54) is 60.1 Å². The quantitative estimate of drug-likeness (QED) is 0.111. The predicted octanol–water partition coefficient (Wildman–Crippen LogP) is 16.0. The van der Waals surface area contributed by atoms with Gasteiger partial charge < -0.3 is 19.7 Å². The van der Waals surface area contributed by atoms with Gasteiger partial charge in [-0.25, -0.2) is 0 Å². The first-order valence-corrected chi connectivity index (χ1v) is 27.2. The Bertz CT molecular complexity index is 2660. The van der Waals surface area contributed by atoms with Crippen LogP contribution in [0.2, 0.25) is 0 Å². The Kier molecular flexibility index (Phi) is 22.9. The molecule has 7 heteroatoms. The molecule has 0 spiro atoms. The van der Waals surface area contributed by atoms with Gasteiger partial charge in [0.1, 0.15) is 0 Å². The Morgan fingerprint density at radius 1 is 0.390 bits per heavy atom. The van der Waals surface area contributed by atoms with Crippen molar-refractivity contribution >= 4 is 23.1 Å². The Morgan fingerprint density at radius 3 is 0.740 bits per heavy atom. The Hall–Kier alpha value is -5.83. The second-order valence-electron chi connectivity index (χ2n) is 23.4. The van der Waals surface area contributed by atoms with Crippen LogP contribution >= 0.6 is 0 Å². The number of benzene rings is 6. The molecule has 0 unspecified atom stereocenters. The molecular weight excluding hydrogens is 996 g/mol. The fourth-order valence-electron chi connectivity index (χ4n) is 10.7. The molecule has 0 atom stereocenters. The summed E-state index contributed by atoms with van der Waals surface area (Å²) >= 11 is 0. The smallest absolute Gasteiger partial charge is 0.872 e. The van der Waals surface area contributed by atoms with Crippen LogP contribution in [0.25, 0.3) is 56.0 Å².